The van der Waals surface area contributed by atoms with Crippen LogP contribution in [-0.4, -0.2) is 4.98 Å². The first-order valence-electron chi connectivity index (χ1n) is 3.58. The summed E-state index contributed by atoms with van der Waals surface area (Å²) >= 11 is 3.25. The lowest BCUT2D eigenvalue weighted by atomic mass is 10.3. The molecule has 1 heterocycles. The zero-order valence-electron chi connectivity index (χ0n) is 7.06. The Morgan fingerprint density at radius 1 is 1.45 bits per heavy atom. The van der Waals surface area contributed by atoms with Gasteiger partial charge < -0.3 is 5.73 Å². The van der Waals surface area contributed by atoms with Gasteiger partial charge in [0.05, 0.1) is 0 Å². The second kappa shape index (κ2) is 5.13. The molecule has 0 radical (unpaired) electrons. The summed E-state index contributed by atoms with van der Waals surface area (Å²) in [4.78, 5) is 3.98. The Morgan fingerprint density at radius 2 is 2.00 bits per heavy atom. The average molecular weight is 217 g/mol. The predicted octanol–water partition coefficient (Wildman–Crippen LogP) is 2.76. The minimum absolute atomic E-state index is 0.775. The predicted molar refractivity (Wildman–Crippen MR) is 52.4 cm³/mol. The molecule has 0 fully saturated rings. The van der Waals surface area contributed by atoms with Gasteiger partial charge in [-0.15, -0.1) is 0 Å². The molecule has 62 valence electrons. The second-order valence-electron chi connectivity index (χ2n) is 1.82. The summed E-state index contributed by atoms with van der Waals surface area (Å²) in [7, 11) is 0. The van der Waals surface area contributed by atoms with Crippen LogP contribution in [0.5, 0.6) is 0 Å². The smallest absolute Gasteiger partial charge is 0.111 e. The summed E-state index contributed by atoms with van der Waals surface area (Å²) in [5, 5.41) is 0. The minimum Gasteiger partial charge on any atom is -0.398 e. The maximum absolute atomic E-state index is 5.55. The molecule has 11 heavy (non-hydrogen) atoms. The van der Waals surface area contributed by atoms with E-state index in [0.717, 1.165) is 15.9 Å². The van der Waals surface area contributed by atoms with Crippen molar-refractivity contribution in [3.63, 3.8) is 0 Å². The number of nitrogens with zero attached hydrogens (tertiary/aromatic N) is 1. The molecule has 0 saturated heterocycles. The van der Waals surface area contributed by atoms with Crippen LogP contribution < -0.4 is 5.73 Å². The Morgan fingerprint density at radius 3 is 2.36 bits per heavy atom. The molecule has 1 rings (SSSR count). The molecule has 0 aromatic carbocycles. The highest BCUT2D eigenvalue weighted by Gasteiger charge is 1.95. The quantitative estimate of drug-likeness (QED) is 0.678. The highest BCUT2D eigenvalue weighted by atomic mass is 79.9. The largest absolute Gasteiger partial charge is 0.398 e. The van der Waals surface area contributed by atoms with Crippen LogP contribution in [0.1, 0.15) is 19.4 Å². The van der Waals surface area contributed by atoms with Gasteiger partial charge in [-0.1, -0.05) is 13.8 Å². The number of halogens is 1. The molecule has 2 nitrogen and oxygen atoms in total. The molecule has 0 saturated carbocycles. The third-order valence-corrected chi connectivity index (χ3v) is 1.98. The maximum Gasteiger partial charge on any atom is 0.111 e. The summed E-state index contributed by atoms with van der Waals surface area (Å²) in [5.74, 6) is 0. The first-order valence-corrected chi connectivity index (χ1v) is 4.37. The standard InChI is InChI=1S/C6H7BrN2.C2H6/c1-4-5(8)2-3-9-6(4)7;1-2/h2-3H,1H3,(H2,8,9);1-2H3. The van der Waals surface area contributed by atoms with Crippen molar-refractivity contribution in [2.45, 2.75) is 20.8 Å². The molecule has 0 aliphatic rings. The normalized spacial score (nSPS) is 8.36. The zero-order valence-corrected chi connectivity index (χ0v) is 8.64. The van der Waals surface area contributed by atoms with Crippen molar-refractivity contribution in [2.24, 2.45) is 0 Å². The number of nitrogens with two attached hydrogens (primary N) is 1. The number of anilines is 1. The number of rotatable bonds is 0. The van der Waals surface area contributed by atoms with Crippen molar-refractivity contribution in [3.05, 3.63) is 22.4 Å². The van der Waals surface area contributed by atoms with Crippen molar-refractivity contribution in [1.82, 2.24) is 4.98 Å². The minimum atomic E-state index is 0.775. The molecule has 3 heteroatoms. The molecular formula is C8H13BrN2. The Hall–Kier alpha value is -0.570. The fraction of sp³-hybridized carbons (Fsp3) is 0.375. The summed E-state index contributed by atoms with van der Waals surface area (Å²) in [6.07, 6.45) is 1.67. The van der Waals surface area contributed by atoms with Crippen molar-refractivity contribution >= 4 is 21.6 Å². The summed E-state index contributed by atoms with van der Waals surface area (Å²) in [5.41, 5.74) is 7.32. The van der Waals surface area contributed by atoms with Crippen LogP contribution in [0.3, 0.4) is 0 Å². The van der Waals surface area contributed by atoms with Gasteiger partial charge in [0.25, 0.3) is 0 Å². The van der Waals surface area contributed by atoms with Gasteiger partial charge in [-0.25, -0.2) is 4.98 Å². The number of pyridine rings is 1. The Bertz CT molecular complexity index is 203. The molecule has 0 spiro atoms. The van der Waals surface area contributed by atoms with Crippen molar-refractivity contribution in [3.8, 4) is 0 Å². The van der Waals surface area contributed by atoms with Gasteiger partial charge in [0.1, 0.15) is 4.60 Å². The number of hydrogen-bond acceptors (Lipinski definition) is 2. The van der Waals surface area contributed by atoms with Gasteiger partial charge in [0, 0.05) is 17.4 Å². The Kier molecular flexibility index (Phi) is 4.86. The fourth-order valence-corrected chi connectivity index (χ4v) is 0.871. The van der Waals surface area contributed by atoms with Crippen LogP contribution in [-0.2, 0) is 0 Å². The third kappa shape index (κ3) is 2.89. The lowest BCUT2D eigenvalue weighted by molar-refractivity contribution is 1.22. The zero-order chi connectivity index (χ0) is 8.85. The van der Waals surface area contributed by atoms with E-state index in [1.54, 1.807) is 12.3 Å². The van der Waals surface area contributed by atoms with E-state index >= 15 is 0 Å². The number of aromatic nitrogens is 1. The summed E-state index contributed by atoms with van der Waals surface area (Å²) in [6, 6.07) is 1.78. The van der Waals surface area contributed by atoms with Crippen molar-refractivity contribution in [1.29, 1.82) is 0 Å². The molecule has 0 aliphatic heterocycles. The lowest BCUT2D eigenvalue weighted by Crippen LogP contribution is -1.90. The second-order valence-corrected chi connectivity index (χ2v) is 2.57. The Balaban J connectivity index is 0.000000461. The van der Waals surface area contributed by atoms with Gasteiger partial charge in [0.15, 0.2) is 0 Å². The molecule has 2 N–H and O–H groups in total. The van der Waals surface area contributed by atoms with E-state index in [-0.39, 0.29) is 0 Å². The van der Waals surface area contributed by atoms with Crippen molar-refractivity contribution < 1.29 is 0 Å². The van der Waals surface area contributed by atoms with E-state index in [2.05, 4.69) is 20.9 Å². The highest BCUT2D eigenvalue weighted by Crippen LogP contribution is 2.17. The summed E-state index contributed by atoms with van der Waals surface area (Å²) < 4.78 is 0.822. The van der Waals surface area contributed by atoms with E-state index in [4.69, 9.17) is 5.73 Å². The molecular weight excluding hydrogens is 204 g/mol. The molecule has 0 atom stereocenters. The molecule has 0 unspecified atom stereocenters. The van der Waals surface area contributed by atoms with E-state index in [9.17, 15) is 0 Å². The van der Waals surface area contributed by atoms with E-state index in [1.165, 1.54) is 0 Å². The first kappa shape index (κ1) is 10.4. The number of nitrogen functional groups attached to an aromatic ring is 1. The average Bonchev–Trinajstić information content (AvgIpc) is 2.04. The molecule has 1 aromatic heterocycles. The van der Waals surface area contributed by atoms with Gasteiger partial charge >= 0.3 is 0 Å². The van der Waals surface area contributed by atoms with Crippen LogP contribution in [0.25, 0.3) is 0 Å². The highest BCUT2D eigenvalue weighted by molar-refractivity contribution is 9.10. The van der Waals surface area contributed by atoms with Crippen molar-refractivity contribution in [2.75, 3.05) is 5.73 Å². The molecule has 1 aromatic rings. The first-order chi connectivity index (χ1) is 5.22. The van der Waals surface area contributed by atoms with E-state index < -0.39 is 0 Å². The SMILES string of the molecule is CC.Cc1c(N)ccnc1Br. The van der Waals surface area contributed by atoms with E-state index in [0.29, 0.717) is 0 Å². The van der Waals surface area contributed by atoms with Gasteiger partial charge in [0.2, 0.25) is 0 Å². The van der Waals surface area contributed by atoms with E-state index in [1.807, 2.05) is 20.8 Å². The third-order valence-electron chi connectivity index (χ3n) is 1.18. The van der Waals surface area contributed by atoms with Gasteiger partial charge in [-0.3, -0.25) is 0 Å². The Labute approximate surface area is 76.0 Å². The molecule has 0 aliphatic carbocycles. The summed E-state index contributed by atoms with van der Waals surface area (Å²) in [6.45, 7) is 5.92. The van der Waals surface area contributed by atoms with Crippen LogP contribution in [0, 0.1) is 6.92 Å². The van der Waals surface area contributed by atoms with Gasteiger partial charge in [-0.2, -0.15) is 0 Å². The molecule has 0 amide bonds. The lowest BCUT2D eigenvalue weighted by Gasteiger charge is -1.98. The van der Waals surface area contributed by atoms with Crippen LogP contribution >= 0.6 is 15.9 Å². The molecule has 0 bridgehead atoms. The van der Waals surface area contributed by atoms with Crippen LogP contribution in [0.4, 0.5) is 5.69 Å². The van der Waals surface area contributed by atoms with Gasteiger partial charge in [-0.05, 0) is 28.9 Å². The van der Waals surface area contributed by atoms with Crippen LogP contribution in [0.15, 0.2) is 16.9 Å². The monoisotopic (exact) mass is 216 g/mol. The van der Waals surface area contributed by atoms with Crippen LogP contribution in [0.2, 0.25) is 0 Å². The number of hydrogen-bond donors (Lipinski definition) is 1. The topological polar surface area (TPSA) is 38.9 Å². The maximum atomic E-state index is 5.55. The fourth-order valence-electron chi connectivity index (χ4n) is 0.524.